The molecule has 0 saturated carbocycles. The second-order valence-electron chi connectivity index (χ2n) is 8.46. The minimum Gasteiger partial charge on any atom is -0.486 e. The van der Waals surface area contributed by atoms with Crippen LogP contribution in [0.2, 0.25) is 5.02 Å². The number of rotatable bonds is 6. The first-order valence-corrected chi connectivity index (χ1v) is 11.7. The van der Waals surface area contributed by atoms with Gasteiger partial charge in [-0.25, -0.2) is 14.1 Å². The normalized spacial score (nSPS) is 11.0. The molecule has 1 aromatic carbocycles. The van der Waals surface area contributed by atoms with E-state index in [0.717, 1.165) is 11.6 Å². The Kier molecular flexibility index (Phi) is 6.42. The number of aryl methyl sites for hydroxylation is 2. The number of aromatic nitrogens is 5. The molecule has 5 rings (SSSR count). The molecule has 0 atom stereocenters. The van der Waals surface area contributed by atoms with Crippen molar-refractivity contribution < 1.29 is 9.13 Å². The van der Waals surface area contributed by atoms with Gasteiger partial charge in [0, 0.05) is 28.5 Å². The molecule has 0 saturated heterocycles. The summed E-state index contributed by atoms with van der Waals surface area (Å²) in [7, 11) is 0. The second kappa shape index (κ2) is 9.84. The van der Waals surface area contributed by atoms with Crippen LogP contribution in [0.5, 0.6) is 5.75 Å². The summed E-state index contributed by atoms with van der Waals surface area (Å²) in [5, 5.41) is 14.5. The molecule has 8 nitrogen and oxygen atoms in total. The topological polar surface area (TPSA) is 98.6 Å². The van der Waals surface area contributed by atoms with E-state index in [9.17, 15) is 14.4 Å². The van der Waals surface area contributed by atoms with Crippen LogP contribution in [0.1, 0.15) is 28.2 Å². The number of nitrogens with zero attached hydrogens (tertiary/aromatic N) is 6. The van der Waals surface area contributed by atoms with Crippen molar-refractivity contribution in [2.75, 3.05) is 0 Å². The lowest BCUT2D eigenvalue weighted by Crippen LogP contribution is -2.23. The SMILES string of the molecule is Cc1cc(Cl)c(COc2cccc3c(-n4cc(F)cn4)cc(C)nc23)c(Cn2cccc(C#N)c2=O)n1. The van der Waals surface area contributed by atoms with Gasteiger partial charge in [0.25, 0.3) is 5.56 Å². The van der Waals surface area contributed by atoms with Crippen molar-refractivity contribution in [2.45, 2.75) is 27.0 Å². The van der Waals surface area contributed by atoms with Gasteiger partial charge in [-0.1, -0.05) is 23.7 Å². The van der Waals surface area contributed by atoms with Crippen molar-refractivity contribution in [2.24, 2.45) is 0 Å². The predicted molar refractivity (Wildman–Crippen MR) is 136 cm³/mol. The van der Waals surface area contributed by atoms with Gasteiger partial charge in [-0.2, -0.15) is 10.4 Å². The highest BCUT2D eigenvalue weighted by molar-refractivity contribution is 6.31. The average Bonchev–Trinajstić information content (AvgIpc) is 3.30. The van der Waals surface area contributed by atoms with Crippen LogP contribution in [0, 0.1) is 31.0 Å². The number of ether oxygens (including phenoxy) is 1. The standard InChI is InChI=1S/C27H20ClFN6O2/c1-16-9-22(28)21(23(32-16)14-34-8-4-5-18(11-30)27(34)36)15-37-25-7-3-6-20-24(10-17(2)33-26(20)25)35-13-19(29)12-31-35/h3-10,12-13H,14-15H2,1-2H3. The summed E-state index contributed by atoms with van der Waals surface area (Å²) in [6.45, 7) is 3.84. The molecule has 0 aliphatic rings. The third kappa shape index (κ3) is 4.79. The van der Waals surface area contributed by atoms with Crippen LogP contribution in [0.3, 0.4) is 0 Å². The average molecular weight is 515 g/mol. The molecular formula is C27H20ClFN6O2. The highest BCUT2D eigenvalue weighted by Gasteiger charge is 2.16. The first-order valence-electron chi connectivity index (χ1n) is 11.3. The van der Waals surface area contributed by atoms with Gasteiger partial charge >= 0.3 is 0 Å². The molecular weight excluding hydrogens is 495 g/mol. The van der Waals surface area contributed by atoms with Gasteiger partial charge < -0.3 is 9.30 Å². The number of nitriles is 1. The molecule has 5 aromatic rings. The summed E-state index contributed by atoms with van der Waals surface area (Å²) in [4.78, 5) is 21.9. The number of fused-ring (bicyclic) bond motifs is 1. The molecule has 0 N–H and O–H groups in total. The smallest absolute Gasteiger partial charge is 0.268 e. The summed E-state index contributed by atoms with van der Waals surface area (Å²) in [5.74, 6) is 0.0600. The minimum absolute atomic E-state index is 0.0455. The Balaban J connectivity index is 1.52. The van der Waals surface area contributed by atoms with Gasteiger partial charge in [0.05, 0.1) is 35.3 Å². The number of hydrogen-bond acceptors (Lipinski definition) is 6. The Bertz CT molecular complexity index is 1750. The molecule has 0 spiro atoms. The van der Waals surface area contributed by atoms with E-state index in [1.165, 1.54) is 21.5 Å². The van der Waals surface area contributed by atoms with E-state index in [1.807, 2.05) is 38.1 Å². The molecule has 0 amide bonds. The molecule has 10 heteroatoms. The maximum Gasteiger partial charge on any atom is 0.268 e. The molecule has 0 radical (unpaired) electrons. The fourth-order valence-corrected chi connectivity index (χ4v) is 4.45. The third-order valence-corrected chi connectivity index (χ3v) is 6.16. The predicted octanol–water partition coefficient (Wildman–Crippen LogP) is 4.89. The molecule has 0 aliphatic carbocycles. The van der Waals surface area contributed by atoms with Crippen LogP contribution >= 0.6 is 11.6 Å². The van der Waals surface area contributed by atoms with E-state index in [-0.39, 0.29) is 18.7 Å². The van der Waals surface area contributed by atoms with E-state index in [1.54, 1.807) is 24.4 Å². The fraction of sp³-hybridized carbons (Fsp3) is 0.148. The van der Waals surface area contributed by atoms with E-state index < -0.39 is 11.4 Å². The summed E-state index contributed by atoms with van der Waals surface area (Å²) in [6, 6.07) is 14.0. The quantitative estimate of drug-likeness (QED) is 0.320. The van der Waals surface area contributed by atoms with Crippen LogP contribution in [0.15, 0.2) is 65.8 Å². The Morgan fingerprint density at radius 1 is 1.14 bits per heavy atom. The Hall–Kier alpha value is -4.55. The van der Waals surface area contributed by atoms with Crippen LogP contribution < -0.4 is 10.3 Å². The Morgan fingerprint density at radius 3 is 2.70 bits per heavy atom. The first kappa shape index (κ1) is 24.2. The summed E-state index contributed by atoms with van der Waals surface area (Å²) >= 11 is 6.59. The van der Waals surface area contributed by atoms with Gasteiger partial charge in [-0.15, -0.1) is 0 Å². The first-order chi connectivity index (χ1) is 17.8. The summed E-state index contributed by atoms with van der Waals surface area (Å²) in [6.07, 6.45) is 4.05. The highest BCUT2D eigenvalue weighted by Crippen LogP contribution is 2.31. The monoisotopic (exact) mass is 514 g/mol. The summed E-state index contributed by atoms with van der Waals surface area (Å²) < 4.78 is 22.7. The van der Waals surface area contributed by atoms with Crippen LogP contribution in [-0.4, -0.2) is 24.3 Å². The van der Waals surface area contributed by atoms with Crippen LogP contribution in [0.4, 0.5) is 4.39 Å². The molecule has 4 heterocycles. The van der Waals surface area contributed by atoms with Crippen molar-refractivity contribution in [3.8, 4) is 17.5 Å². The number of para-hydroxylation sites is 1. The van der Waals surface area contributed by atoms with Gasteiger partial charge in [0.2, 0.25) is 0 Å². The van der Waals surface area contributed by atoms with Crippen molar-refractivity contribution >= 4 is 22.5 Å². The van der Waals surface area contributed by atoms with Crippen LogP contribution in [0.25, 0.3) is 16.6 Å². The zero-order valence-electron chi connectivity index (χ0n) is 19.9. The number of pyridine rings is 3. The van der Waals surface area contributed by atoms with E-state index >= 15 is 0 Å². The molecule has 0 aliphatic heterocycles. The second-order valence-corrected chi connectivity index (χ2v) is 8.87. The number of halogens is 2. The third-order valence-electron chi connectivity index (χ3n) is 5.82. The fourth-order valence-electron chi connectivity index (χ4n) is 4.13. The van der Waals surface area contributed by atoms with Gasteiger partial charge in [-0.05, 0) is 44.2 Å². The van der Waals surface area contributed by atoms with Crippen molar-refractivity contribution in [3.05, 3.63) is 110 Å². The minimum atomic E-state index is -0.441. The van der Waals surface area contributed by atoms with Gasteiger partial charge in [0.1, 0.15) is 29.5 Å². The lowest BCUT2D eigenvalue weighted by molar-refractivity contribution is 0.307. The lowest BCUT2D eigenvalue weighted by atomic mass is 10.1. The van der Waals surface area contributed by atoms with Crippen molar-refractivity contribution in [1.29, 1.82) is 5.26 Å². The molecule has 0 fully saturated rings. The molecule has 184 valence electrons. The zero-order valence-corrected chi connectivity index (χ0v) is 20.7. The Labute approximate surface area is 216 Å². The number of benzene rings is 1. The lowest BCUT2D eigenvalue weighted by Gasteiger charge is -2.16. The number of hydrogen-bond donors (Lipinski definition) is 0. The molecule has 37 heavy (non-hydrogen) atoms. The van der Waals surface area contributed by atoms with E-state index in [0.29, 0.717) is 44.6 Å². The van der Waals surface area contributed by atoms with Crippen LogP contribution in [-0.2, 0) is 13.2 Å². The van der Waals surface area contributed by atoms with Crippen molar-refractivity contribution in [3.63, 3.8) is 0 Å². The molecule has 0 unspecified atom stereocenters. The molecule has 4 aromatic heterocycles. The Morgan fingerprint density at radius 2 is 1.95 bits per heavy atom. The summed E-state index contributed by atoms with van der Waals surface area (Å²) in [5.41, 5.74) is 3.46. The maximum atomic E-state index is 13.6. The van der Waals surface area contributed by atoms with Gasteiger partial charge in [-0.3, -0.25) is 9.78 Å². The zero-order chi connectivity index (χ0) is 26.1. The molecule has 0 bridgehead atoms. The highest BCUT2D eigenvalue weighted by atomic mass is 35.5. The van der Waals surface area contributed by atoms with E-state index in [4.69, 9.17) is 16.3 Å². The largest absolute Gasteiger partial charge is 0.486 e. The van der Waals surface area contributed by atoms with E-state index in [2.05, 4.69) is 15.1 Å². The van der Waals surface area contributed by atoms with Gasteiger partial charge in [0.15, 0.2) is 5.82 Å². The van der Waals surface area contributed by atoms with Crippen molar-refractivity contribution in [1.82, 2.24) is 24.3 Å². The maximum absolute atomic E-state index is 13.6.